The zero-order valence-electron chi connectivity index (χ0n) is 13.1. The molecule has 2 amide bonds. The maximum atomic E-state index is 12.5. The average Bonchev–Trinajstić information content (AvgIpc) is 2.88. The van der Waals surface area contributed by atoms with Gasteiger partial charge in [0.05, 0.1) is 11.9 Å². The molecule has 118 valence electrons. The minimum absolute atomic E-state index is 0.0640. The maximum absolute atomic E-state index is 12.5. The molecule has 1 aromatic heterocycles. The molecule has 4 rings (SSSR count). The molecule has 1 aliphatic rings. The number of pyridine rings is 1. The SMILES string of the molecule is CN1C(=O)Cc2cc(NC(=O)c3ccc4cccnc4c3)ccc21. The quantitative estimate of drug-likeness (QED) is 0.790. The van der Waals surface area contributed by atoms with Crippen LogP contribution in [0.5, 0.6) is 0 Å². The fourth-order valence-corrected chi connectivity index (χ4v) is 2.96. The smallest absolute Gasteiger partial charge is 0.255 e. The van der Waals surface area contributed by atoms with Gasteiger partial charge in [-0.3, -0.25) is 14.6 Å². The van der Waals surface area contributed by atoms with Crippen molar-refractivity contribution in [1.29, 1.82) is 0 Å². The van der Waals surface area contributed by atoms with Crippen molar-refractivity contribution in [2.45, 2.75) is 6.42 Å². The van der Waals surface area contributed by atoms with E-state index in [0.717, 1.165) is 22.2 Å². The molecule has 1 aliphatic heterocycles. The van der Waals surface area contributed by atoms with Crippen LogP contribution in [0.1, 0.15) is 15.9 Å². The van der Waals surface area contributed by atoms with E-state index in [1.54, 1.807) is 30.3 Å². The van der Waals surface area contributed by atoms with Crippen molar-refractivity contribution in [2.24, 2.45) is 0 Å². The summed E-state index contributed by atoms with van der Waals surface area (Å²) in [5.41, 5.74) is 3.84. The first-order valence-electron chi connectivity index (χ1n) is 7.67. The predicted molar refractivity (Wildman–Crippen MR) is 93.3 cm³/mol. The Balaban J connectivity index is 1.60. The van der Waals surface area contributed by atoms with Crippen LogP contribution in [0.15, 0.2) is 54.7 Å². The van der Waals surface area contributed by atoms with Gasteiger partial charge in [0.1, 0.15) is 0 Å². The van der Waals surface area contributed by atoms with E-state index in [1.807, 2.05) is 36.4 Å². The van der Waals surface area contributed by atoms with Gasteiger partial charge in [0, 0.05) is 35.6 Å². The second kappa shape index (κ2) is 5.45. The Bertz CT molecular complexity index is 981. The second-order valence-corrected chi connectivity index (χ2v) is 5.84. The first-order chi connectivity index (χ1) is 11.6. The van der Waals surface area contributed by atoms with Crippen LogP contribution >= 0.6 is 0 Å². The van der Waals surface area contributed by atoms with Crippen LogP contribution in [0.4, 0.5) is 11.4 Å². The van der Waals surface area contributed by atoms with Gasteiger partial charge in [-0.15, -0.1) is 0 Å². The van der Waals surface area contributed by atoms with Crippen molar-refractivity contribution >= 4 is 34.1 Å². The number of rotatable bonds is 2. The van der Waals surface area contributed by atoms with E-state index in [1.165, 1.54) is 0 Å². The van der Waals surface area contributed by atoms with Gasteiger partial charge in [0.2, 0.25) is 5.91 Å². The van der Waals surface area contributed by atoms with E-state index in [2.05, 4.69) is 10.3 Å². The number of benzene rings is 2. The number of amides is 2. The summed E-state index contributed by atoms with van der Waals surface area (Å²) in [5, 5.41) is 3.88. The number of likely N-dealkylation sites (N-methyl/N-ethyl adjacent to an activating group) is 1. The highest BCUT2D eigenvalue weighted by atomic mass is 16.2. The number of nitrogens with zero attached hydrogens (tertiary/aromatic N) is 2. The lowest BCUT2D eigenvalue weighted by Gasteiger charge is -2.11. The summed E-state index contributed by atoms with van der Waals surface area (Å²) in [6.07, 6.45) is 2.08. The Morgan fingerprint density at radius 3 is 2.92 bits per heavy atom. The Morgan fingerprint density at radius 2 is 2.04 bits per heavy atom. The minimum Gasteiger partial charge on any atom is -0.322 e. The molecule has 3 aromatic rings. The summed E-state index contributed by atoms with van der Waals surface area (Å²) < 4.78 is 0. The van der Waals surface area contributed by atoms with Crippen molar-refractivity contribution in [3.05, 3.63) is 65.9 Å². The molecule has 24 heavy (non-hydrogen) atoms. The fraction of sp³-hybridized carbons (Fsp3) is 0.105. The Hall–Kier alpha value is -3.21. The van der Waals surface area contributed by atoms with Crippen LogP contribution in [-0.4, -0.2) is 23.8 Å². The first-order valence-corrected chi connectivity index (χ1v) is 7.67. The molecular formula is C19H15N3O2. The van der Waals surface area contributed by atoms with Crippen molar-refractivity contribution in [1.82, 2.24) is 4.98 Å². The molecule has 1 N–H and O–H groups in total. The second-order valence-electron chi connectivity index (χ2n) is 5.84. The number of hydrogen-bond acceptors (Lipinski definition) is 3. The normalized spacial score (nSPS) is 13.2. The molecule has 0 saturated carbocycles. The summed E-state index contributed by atoms with van der Waals surface area (Å²) in [5.74, 6) is -0.130. The summed E-state index contributed by atoms with van der Waals surface area (Å²) in [7, 11) is 1.76. The van der Waals surface area contributed by atoms with Crippen molar-refractivity contribution in [2.75, 3.05) is 17.3 Å². The van der Waals surface area contributed by atoms with Crippen LogP contribution in [0, 0.1) is 0 Å². The van der Waals surface area contributed by atoms with Crippen LogP contribution in [0.3, 0.4) is 0 Å². The van der Waals surface area contributed by atoms with E-state index >= 15 is 0 Å². The van der Waals surface area contributed by atoms with Gasteiger partial charge in [0.25, 0.3) is 5.91 Å². The lowest BCUT2D eigenvalue weighted by molar-refractivity contribution is -0.117. The summed E-state index contributed by atoms with van der Waals surface area (Å²) >= 11 is 0. The van der Waals surface area contributed by atoms with Crippen LogP contribution < -0.4 is 10.2 Å². The van der Waals surface area contributed by atoms with E-state index in [-0.39, 0.29) is 11.8 Å². The molecule has 0 atom stereocenters. The lowest BCUT2D eigenvalue weighted by atomic mass is 10.1. The number of hydrogen-bond donors (Lipinski definition) is 1. The summed E-state index contributed by atoms with van der Waals surface area (Å²) in [4.78, 5) is 30.1. The number of nitrogens with one attached hydrogen (secondary N) is 1. The van der Waals surface area contributed by atoms with E-state index in [4.69, 9.17) is 0 Å². The van der Waals surface area contributed by atoms with Crippen LogP contribution in [-0.2, 0) is 11.2 Å². The highest BCUT2D eigenvalue weighted by molar-refractivity contribution is 6.07. The number of carbonyl (C=O) groups excluding carboxylic acids is 2. The van der Waals surface area contributed by atoms with Gasteiger partial charge < -0.3 is 10.2 Å². The third kappa shape index (κ3) is 2.40. The number of carbonyl (C=O) groups is 2. The highest BCUT2D eigenvalue weighted by Gasteiger charge is 2.24. The Labute approximate surface area is 138 Å². The van der Waals surface area contributed by atoms with E-state index in [0.29, 0.717) is 17.7 Å². The largest absolute Gasteiger partial charge is 0.322 e. The minimum atomic E-state index is -0.194. The number of aromatic nitrogens is 1. The predicted octanol–water partition coefficient (Wildman–Crippen LogP) is 3.01. The molecule has 0 spiro atoms. The van der Waals surface area contributed by atoms with Crippen LogP contribution in [0.25, 0.3) is 10.9 Å². The topological polar surface area (TPSA) is 62.3 Å². The molecule has 0 bridgehead atoms. The highest BCUT2D eigenvalue weighted by Crippen LogP contribution is 2.30. The lowest BCUT2D eigenvalue weighted by Crippen LogP contribution is -2.20. The molecule has 0 aliphatic carbocycles. The van der Waals surface area contributed by atoms with Crippen molar-refractivity contribution in [3.8, 4) is 0 Å². The van der Waals surface area contributed by atoms with E-state index < -0.39 is 0 Å². The van der Waals surface area contributed by atoms with Crippen LogP contribution in [0.2, 0.25) is 0 Å². The van der Waals surface area contributed by atoms with Gasteiger partial charge in [-0.05, 0) is 42.0 Å². The van der Waals surface area contributed by atoms with Crippen molar-refractivity contribution in [3.63, 3.8) is 0 Å². The van der Waals surface area contributed by atoms with Crippen molar-refractivity contribution < 1.29 is 9.59 Å². The maximum Gasteiger partial charge on any atom is 0.255 e. The van der Waals surface area contributed by atoms with E-state index in [9.17, 15) is 9.59 Å². The third-order valence-electron chi connectivity index (χ3n) is 4.28. The molecule has 5 heteroatoms. The third-order valence-corrected chi connectivity index (χ3v) is 4.28. The number of anilines is 2. The first kappa shape index (κ1) is 14.4. The fourth-order valence-electron chi connectivity index (χ4n) is 2.96. The van der Waals surface area contributed by atoms with Gasteiger partial charge >= 0.3 is 0 Å². The van der Waals surface area contributed by atoms with Gasteiger partial charge in [-0.2, -0.15) is 0 Å². The zero-order chi connectivity index (χ0) is 16.7. The monoisotopic (exact) mass is 317 g/mol. The molecule has 0 unspecified atom stereocenters. The van der Waals surface area contributed by atoms with Gasteiger partial charge in [-0.25, -0.2) is 0 Å². The molecule has 0 radical (unpaired) electrons. The van der Waals surface area contributed by atoms with Gasteiger partial charge in [0.15, 0.2) is 0 Å². The molecule has 2 aromatic carbocycles. The molecular weight excluding hydrogens is 302 g/mol. The zero-order valence-corrected chi connectivity index (χ0v) is 13.1. The Morgan fingerprint density at radius 1 is 1.17 bits per heavy atom. The van der Waals surface area contributed by atoms with Gasteiger partial charge in [-0.1, -0.05) is 12.1 Å². The number of fused-ring (bicyclic) bond motifs is 2. The molecule has 0 fully saturated rings. The molecule has 5 nitrogen and oxygen atoms in total. The average molecular weight is 317 g/mol. The molecule has 0 saturated heterocycles. The Kier molecular flexibility index (Phi) is 3.27. The molecule has 2 heterocycles. The summed E-state index contributed by atoms with van der Waals surface area (Å²) in [6.45, 7) is 0. The standard InChI is InChI=1S/C19H15N3O2/c1-22-17-7-6-15(9-14(17)11-18(22)23)21-19(24)13-5-4-12-3-2-8-20-16(12)10-13/h2-10H,11H2,1H3,(H,21,24). The summed E-state index contributed by atoms with van der Waals surface area (Å²) in [6, 6.07) is 14.8.